The number of halogens is 2. The van der Waals surface area contributed by atoms with Gasteiger partial charge in [0.15, 0.2) is 0 Å². The van der Waals surface area contributed by atoms with Crippen molar-refractivity contribution < 1.29 is 14.7 Å². The van der Waals surface area contributed by atoms with E-state index in [1.807, 2.05) is 6.92 Å². The lowest BCUT2D eigenvalue weighted by Crippen LogP contribution is -2.31. The van der Waals surface area contributed by atoms with Crippen molar-refractivity contribution in [2.45, 2.75) is 26.2 Å². The average Bonchev–Trinajstić information content (AvgIpc) is 2.38. The van der Waals surface area contributed by atoms with E-state index < -0.39 is 5.97 Å². The average molecular weight is 318 g/mol. The monoisotopic (exact) mass is 317 g/mol. The molecule has 1 aromatic rings. The normalized spacial score (nSPS) is 11.9. The lowest BCUT2D eigenvalue weighted by atomic mass is 10.0. The quantitative estimate of drug-likeness (QED) is 0.811. The SMILES string of the molecule is CCC(CNC(=O)Cc1c(Cl)cccc1Cl)CC(=O)O. The summed E-state index contributed by atoms with van der Waals surface area (Å²) in [7, 11) is 0. The van der Waals surface area contributed by atoms with Gasteiger partial charge in [0.1, 0.15) is 0 Å². The van der Waals surface area contributed by atoms with Gasteiger partial charge >= 0.3 is 5.97 Å². The van der Waals surface area contributed by atoms with Crippen molar-refractivity contribution in [3.63, 3.8) is 0 Å². The molecule has 2 N–H and O–H groups in total. The van der Waals surface area contributed by atoms with Crippen LogP contribution in [0.2, 0.25) is 10.0 Å². The topological polar surface area (TPSA) is 66.4 Å². The zero-order valence-corrected chi connectivity index (χ0v) is 12.7. The molecule has 0 saturated carbocycles. The van der Waals surface area contributed by atoms with Crippen LogP contribution in [0.5, 0.6) is 0 Å². The fourth-order valence-corrected chi connectivity index (χ4v) is 2.32. The number of amides is 1. The van der Waals surface area contributed by atoms with Crippen LogP contribution in [0.25, 0.3) is 0 Å². The highest BCUT2D eigenvalue weighted by atomic mass is 35.5. The molecule has 1 unspecified atom stereocenters. The number of hydrogen-bond acceptors (Lipinski definition) is 2. The predicted octanol–water partition coefficient (Wildman–Crippen LogP) is 3.15. The second-order valence-corrected chi connectivity index (χ2v) is 5.37. The van der Waals surface area contributed by atoms with E-state index in [2.05, 4.69) is 5.32 Å². The molecule has 0 bridgehead atoms. The van der Waals surface area contributed by atoms with E-state index in [0.717, 1.165) is 0 Å². The molecule has 0 spiro atoms. The van der Waals surface area contributed by atoms with E-state index >= 15 is 0 Å². The Morgan fingerprint density at radius 3 is 2.40 bits per heavy atom. The van der Waals surface area contributed by atoms with Crippen LogP contribution < -0.4 is 5.32 Å². The van der Waals surface area contributed by atoms with Gasteiger partial charge in [0.2, 0.25) is 5.91 Å². The number of benzene rings is 1. The molecule has 0 saturated heterocycles. The van der Waals surface area contributed by atoms with Gasteiger partial charge in [-0.1, -0.05) is 42.6 Å². The van der Waals surface area contributed by atoms with Gasteiger partial charge < -0.3 is 10.4 Å². The minimum atomic E-state index is -0.861. The van der Waals surface area contributed by atoms with Crippen molar-refractivity contribution in [2.24, 2.45) is 5.92 Å². The third-order valence-electron chi connectivity index (χ3n) is 3.03. The number of nitrogens with one attached hydrogen (secondary N) is 1. The highest BCUT2D eigenvalue weighted by Crippen LogP contribution is 2.24. The number of carbonyl (C=O) groups excluding carboxylic acids is 1. The number of carbonyl (C=O) groups is 2. The molecule has 1 aromatic carbocycles. The molecule has 1 atom stereocenters. The summed E-state index contributed by atoms with van der Waals surface area (Å²) < 4.78 is 0. The van der Waals surface area contributed by atoms with Crippen LogP contribution in [0.15, 0.2) is 18.2 Å². The van der Waals surface area contributed by atoms with Crippen LogP contribution in [-0.2, 0) is 16.0 Å². The van der Waals surface area contributed by atoms with Crippen LogP contribution in [0, 0.1) is 5.92 Å². The Bertz CT molecular complexity index is 471. The number of rotatable bonds is 7. The molecule has 0 fully saturated rings. The largest absolute Gasteiger partial charge is 0.481 e. The molecule has 0 heterocycles. The molecule has 0 aromatic heterocycles. The first-order valence-corrected chi connectivity index (χ1v) is 7.11. The summed E-state index contributed by atoms with van der Waals surface area (Å²) in [6.07, 6.45) is 0.824. The van der Waals surface area contributed by atoms with Gasteiger partial charge in [-0.05, 0) is 23.6 Å². The molecular weight excluding hydrogens is 301 g/mol. The maximum absolute atomic E-state index is 11.8. The Morgan fingerprint density at radius 1 is 1.30 bits per heavy atom. The molecule has 110 valence electrons. The second kappa shape index (κ2) is 8.12. The summed E-state index contributed by atoms with van der Waals surface area (Å²) in [4.78, 5) is 22.5. The minimum Gasteiger partial charge on any atom is -0.481 e. The van der Waals surface area contributed by atoms with Gasteiger partial charge in [0.05, 0.1) is 6.42 Å². The van der Waals surface area contributed by atoms with Gasteiger partial charge in [0.25, 0.3) is 0 Å². The summed E-state index contributed by atoms with van der Waals surface area (Å²) in [6.45, 7) is 2.23. The molecule has 0 aliphatic heterocycles. The lowest BCUT2D eigenvalue weighted by molar-refractivity contribution is -0.138. The Balaban J connectivity index is 2.53. The first kappa shape index (κ1) is 16.8. The predicted molar refractivity (Wildman–Crippen MR) is 79.2 cm³/mol. The van der Waals surface area contributed by atoms with E-state index in [1.54, 1.807) is 18.2 Å². The van der Waals surface area contributed by atoms with Crippen LogP contribution >= 0.6 is 23.2 Å². The van der Waals surface area contributed by atoms with Crippen molar-refractivity contribution in [3.8, 4) is 0 Å². The van der Waals surface area contributed by atoms with Crippen molar-refractivity contribution in [2.75, 3.05) is 6.54 Å². The van der Waals surface area contributed by atoms with E-state index in [-0.39, 0.29) is 24.7 Å². The van der Waals surface area contributed by atoms with Crippen molar-refractivity contribution >= 4 is 35.1 Å². The Kier molecular flexibility index (Phi) is 6.82. The molecule has 1 amide bonds. The fraction of sp³-hybridized carbons (Fsp3) is 0.429. The van der Waals surface area contributed by atoms with Crippen LogP contribution in [0.3, 0.4) is 0 Å². The number of carboxylic acids is 1. The Hall–Kier alpha value is -1.26. The Labute approximate surface area is 128 Å². The van der Waals surface area contributed by atoms with Gasteiger partial charge in [-0.2, -0.15) is 0 Å². The summed E-state index contributed by atoms with van der Waals surface area (Å²) in [5.41, 5.74) is 0.583. The van der Waals surface area contributed by atoms with E-state index in [0.29, 0.717) is 28.6 Å². The number of hydrogen-bond donors (Lipinski definition) is 2. The highest BCUT2D eigenvalue weighted by molar-refractivity contribution is 6.36. The van der Waals surface area contributed by atoms with E-state index in [4.69, 9.17) is 28.3 Å². The van der Waals surface area contributed by atoms with Crippen molar-refractivity contribution in [3.05, 3.63) is 33.8 Å². The molecule has 1 rings (SSSR count). The molecular formula is C14H17Cl2NO3. The first-order chi connectivity index (χ1) is 9.43. The molecule has 0 radical (unpaired) electrons. The smallest absolute Gasteiger partial charge is 0.303 e. The van der Waals surface area contributed by atoms with E-state index in [1.165, 1.54) is 0 Å². The zero-order chi connectivity index (χ0) is 15.1. The van der Waals surface area contributed by atoms with Gasteiger partial charge in [0, 0.05) is 23.0 Å². The maximum Gasteiger partial charge on any atom is 0.303 e. The maximum atomic E-state index is 11.8. The Morgan fingerprint density at radius 2 is 1.90 bits per heavy atom. The molecule has 4 nitrogen and oxygen atoms in total. The van der Waals surface area contributed by atoms with Crippen LogP contribution in [-0.4, -0.2) is 23.5 Å². The van der Waals surface area contributed by atoms with Gasteiger partial charge in [-0.25, -0.2) is 0 Å². The third kappa shape index (κ3) is 5.39. The van der Waals surface area contributed by atoms with Gasteiger partial charge in [-0.3, -0.25) is 9.59 Å². The van der Waals surface area contributed by atoms with Crippen LogP contribution in [0.4, 0.5) is 0 Å². The summed E-state index contributed by atoms with van der Waals surface area (Å²) in [5, 5.41) is 12.4. The molecule has 0 aliphatic carbocycles. The fourth-order valence-electron chi connectivity index (χ4n) is 1.79. The minimum absolute atomic E-state index is 0.0453. The summed E-state index contributed by atoms with van der Waals surface area (Å²) >= 11 is 12.0. The van der Waals surface area contributed by atoms with Crippen molar-refractivity contribution in [1.82, 2.24) is 5.32 Å². The lowest BCUT2D eigenvalue weighted by Gasteiger charge is -2.14. The first-order valence-electron chi connectivity index (χ1n) is 6.35. The third-order valence-corrected chi connectivity index (χ3v) is 3.74. The zero-order valence-electron chi connectivity index (χ0n) is 11.2. The molecule has 6 heteroatoms. The second-order valence-electron chi connectivity index (χ2n) is 4.55. The number of carboxylic acid groups (broad SMARTS) is 1. The van der Waals surface area contributed by atoms with Crippen molar-refractivity contribution in [1.29, 1.82) is 0 Å². The highest BCUT2D eigenvalue weighted by Gasteiger charge is 2.14. The van der Waals surface area contributed by atoms with Gasteiger partial charge in [-0.15, -0.1) is 0 Å². The molecule has 0 aliphatic rings. The van der Waals surface area contributed by atoms with Crippen LogP contribution in [0.1, 0.15) is 25.3 Å². The standard InChI is InChI=1S/C14H17Cl2NO3/c1-2-9(6-14(19)20)8-17-13(18)7-10-11(15)4-3-5-12(10)16/h3-5,9H,2,6-8H2,1H3,(H,17,18)(H,19,20). The summed E-state index contributed by atoms with van der Waals surface area (Å²) in [5.74, 6) is -1.15. The number of aliphatic carboxylic acids is 1. The van der Waals surface area contributed by atoms with E-state index in [9.17, 15) is 9.59 Å². The summed E-state index contributed by atoms with van der Waals surface area (Å²) in [6, 6.07) is 5.07. The molecule has 20 heavy (non-hydrogen) atoms.